The van der Waals surface area contributed by atoms with Crippen molar-refractivity contribution in [3.05, 3.63) is 42.0 Å². The molecule has 1 aliphatic rings. The van der Waals surface area contributed by atoms with Gasteiger partial charge in [-0.05, 0) is 5.56 Å². The summed E-state index contributed by atoms with van der Waals surface area (Å²) in [6.07, 6.45) is -2.41. The van der Waals surface area contributed by atoms with Crippen LogP contribution in [-0.4, -0.2) is 67.8 Å². The second-order valence-corrected chi connectivity index (χ2v) is 7.21. The maximum atomic E-state index is 11.8. The first kappa shape index (κ1) is 26.0. The zero-order valence-electron chi connectivity index (χ0n) is 18.9. The second kappa shape index (κ2) is 12.7. The van der Waals surface area contributed by atoms with Crippen molar-refractivity contribution in [1.82, 2.24) is 0 Å². The van der Waals surface area contributed by atoms with Crippen LogP contribution < -0.4 is 0 Å². The van der Waals surface area contributed by atoms with Gasteiger partial charge in [0.2, 0.25) is 0 Å². The fourth-order valence-corrected chi connectivity index (χ4v) is 3.22. The predicted octanol–water partition coefficient (Wildman–Crippen LogP) is 1.80. The summed E-state index contributed by atoms with van der Waals surface area (Å²) < 4.78 is 32.6. The van der Waals surface area contributed by atoms with Crippen LogP contribution in [0.2, 0.25) is 0 Å². The molecular formula is C23H28O10. The van der Waals surface area contributed by atoms with E-state index >= 15 is 0 Å². The Morgan fingerprint density at radius 1 is 0.818 bits per heavy atom. The van der Waals surface area contributed by atoms with Gasteiger partial charge in [0.1, 0.15) is 12.7 Å². The molecule has 180 valence electrons. The molecule has 0 N–H and O–H groups in total. The van der Waals surface area contributed by atoms with Crippen molar-refractivity contribution in [2.45, 2.75) is 58.4 Å². The Bertz CT molecular complexity index is 850. The third-order valence-electron chi connectivity index (χ3n) is 4.41. The molecule has 33 heavy (non-hydrogen) atoms. The topological polar surface area (TPSA) is 124 Å². The Balaban J connectivity index is 2.28. The maximum Gasteiger partial charge on any atom is 0.303 e. The van der Waals surface area contributed by atoms with Crippen LogP contribution in [0.5, 0.6) is 0 Å². The number of hydrogen-bond donors (Lipinski definition) is 0. The minimum absolute atomic E-state index is 0.0582. The molecule has 0 bridgehead atoms. The molecule has 0 aromatic heterocycles. The highest BCUT2D eigenvalue weighted by Gasteiger charge is 2.52. The lowest BCUT2D eigenvalue weighted by atomic mass is 9.98. The average molecular weight is 464 g/mol. The fourth-order valence-electron chi connectivity index (χ4n) is 3.22. The standard InChI is InChI=1S/C23H28O10/c1-14(24)29-13-19-20(30-15(2)25)21(31-16(3)26)22(32-17(4)27)23(33-19)28-12-8-11-18-9-6-5-7-10-18/h5-11,19-23H,12-13H2,1-4H3/b11-8+/t19-,20-,21+,22+,23+/m1/s1. The molecule has 0 saturated carbocycles. The maximum absolute atomic E-state index is 11.8. The number of carbonyl (C=O) groups excluding carboxylic acids is 4. The Morgan fingerprint density at radius 3 is 1.97 bits per heavy atom. The summed E-state index contributed by atoms with van der Waals surface area (Å²) in [6.45, 7) is 4.44. The molecule has 1 aromatic carbocycles. The molecule has 0 amide bonds. The number of rotatable bonds is 9. The van der Waals surface area contributed by atoms with Crippen LogP contribution in [0.15, 0.2) is 36.4 Å². The van der Waals surface area contributed by atoms with Crippen LogP contribution >= 0.6 is 0 Å². The smallest absolute Gasteiger partial charge is 0.303 e. The first-order valence-corrected chi connectivity index (χ1v) is 10.3. The molecule has 0 aliphatic carbocycles. The molecule has 1 aliphatic heterocycles. The van der Waals surface area contributed by atoms with Gasteiger partial charge in [0.05, 0.1) is 6.61 Å². The van der Waals surface area contributed by atoms with Crippen molar-refractivity contribution in [1.29, 1.82) is 0 Å². The lowest BCUT2D eigenvalue weighted by molar-refractivity contribution is -0.305. The molecule has 5 atom stereocenters. The van der Waals surface area contributed by atoms with E-state index in [1.165, 1.54) is 13.8 Å². The highest BCUT2D eigenvalue weighted by molar-refractivity contribution is 5.68. The van der Waals surface area contributed by atoms with Gasteiger partial charge in [0.15, 0.2) is 24.6 Å². The average Bonchev–Trinajstić information content (AvgIpc) is 2.73. The summed E-state index contributed by atoms with van der Waals surface area (Å²) >= 11 is 0. The van der Waals surface area contributed by atoms with E-state index in [9.17, 15) is 19.2 Å². The third-order valence-corrected chi connectivity index (χ3v) is 4.41. The minimum atomic E-state index is -1.26. The number of ether oxygens (including phenoxy) is 6. The van der Waals surface area contributed by atoms with E-state index in [1.54, 1.807) is 6.08 Å². The summed E-state index contributed by atoms with van der Waals surface area (Å²) in [5.41, 5.74) is 0.947. The van der Waals surface area contributed by atoms with Crippen molar-refractivity contribution in [3.63, 3.8) is 0 Å². The lowest BCUT2D eigenvalue weighted by Crippen LogP contribution is -2.62. The molecule has 1 heterocycles. The SMILES string of the molecule is CC(=O)OC[C@H]1O[C@H](OC/C=C/c2ccccc2)[C@@H](OC(C)=O)[C@@H](OC(C)=O)[C@@H]1OC(C)=O. The summed E-state index contributed by atoms with van der Waals surface area (Å²) in [4.78, 5) is 46.6. The predicted molar refractivity (Wildman–Crippen MR) is 113 cm³/mol. The molecular weight excluding hydrogens is 436 g/mol. The van der Waals surface area contributed by atoms with Crippen molar-refractivity contribution >= 4 is 30.0 Å². The summed E-state index contributed by atoms with van der Waals surface area (Å²) in [7, 11) is 0. The molecule has 1 fully saturated rings. The highest BCUT2D eigenvalue weighted by Crippen LogP contribution is 2.30. The first-order valence-electron chi connectivity index (χ1n) is 10.3. The van der Waals surface area contributed by atoms with Crippen molar-refractivity contribution in [2.24, 2.45) is 0 Å². The monoisotopic (exact) mass is 464 g/mol. The Morgan fingerprint density at radius 2 is 1.39 bits per heavy atom. The number of benzene rings is 1. The molecule has 0 spiro atoms. The molecule has 0 unspecified atom stereocenters. The van der Waals surface area contributed by atoms with Crippen LogP contribution in [0.25, 0.3) is 6.08 Å². The van der Waals surface area contributed by atoms with Gasteiger partial charge >= 0.3 is 23.9 Å². The number of esters is 4. The second-order valence-electron chi connectivity index (χ2n) is 7.21. The van der Waals surface area contributed by atoms with Gasteiger partial charge in [-0.15, -0.1) is 0 Å². The number of carbonyl (C=O) groups is 4. The van der Waals surface area contributed by atoms with Gasteiger partial charge < -0.3 is 28.4 Å². The Labute approximate surface area is 191 Å². The van der Waals surface area contributed by atoms with Crippen molar-refractivity contribution in [3.8, 4) is 0 Å². The van der Waals surface area contributed by atoms with Crippen LogP contribution in [0, 0.1) is 0 Å². The van der Waals surface area contributed by atoms with Crippen LogP contribution in [-0.2, 0) is 47.6 Å². The van der Waals surface area contributed by atoms with E-state index in [-0.39, 0.29) is 13.2 Å². The molecule has 2 rings (SSSR count). The molecule has 10 heteroatoms. The van der Waals surface area contributed by atoms with Gasteiger partial charge in [0, 0.05) is 27.7 Å². The van der Waals surface area contributed by atoms with Crippen molar-refractivity contribution in [2.75, 3.05) is 13.2 Å². The fraction of sp³-hybridized carbons (Fsp3) is 0.478. The lowest BCUT2D eigenvalue weighted by Gasteiger charge is -2.43. The normalized spacial score (nSPS) is 24.7. The van der Waals surface area contributed by atoms with Gasteiger partial charge in [-0.2, -0.15) is 0 Å². The molecule has 10 nitrogen and oxygen atoms in total. The van der Waals surface area contributed by atoms with E-state index in [4.69, 9.17) is 28.4 Å². The summed E-state index contributed by atoms with van der Waals surface area (Å²) in [5.74, 6) is -2.67. The molecule has 0 radical (unpaired) electrons. The summed E-state index contributed by atoms with van der Waals surface area (Å²) in [6, 6.07) is 9.49. The van der Waals surface area contributed by atoms with E-state index in [0.717, 1.165) is 19.4 Å². The van der Waals surface area contributed by atoms with Gasteiger partial charge in [-0.1, -0.05) is 42.5 Å². The van der Waals surface area contributed by atoms with E-state index in [2.05, 4.69) is 0 Å². The van der Waals surface area contributed by atoms with Crippen LogP contribution in [0.3, 0.4) is 0 Å². The molecule has 1 saturated heterocycles. The van der Waals surface area contributed by atoms with E-state index in [0.29, 0.717) is 0 Å². The number of hydrogen-bond acceptors (Lipinski definition) is 10. The molecule has 1 aromatic rings. The zero-order chi connectivity index (χ0) is 24.4. The van der Waals surface area contributed by atoms with Gasteiger partial charge in [-0.3, -0.25) is 19.2 Å². The van der Waals surface area contributed by atoms with E-state index < -0.39 is 54.6 Å². The van der Waals surface area contributed by atoms with Gasteiger partial charge in [0.25, 0.3) is 0 Å². The Hall–Kier alpha value is -3.24. The quantitative estimate of drug-likeness (QED) is 0.395. The first-order chi connectivity index (χ1) is 15.7. The zero-order valence-corrected chi connectivity index (χ0v) is 18.9. The van der Waals surface area contributed by atoms with Crippen LogP contribution in [0.4, 0.5) is 0 Å². The van der Waals surface area contributed by atoms with Gasteiger partial charge in [-0.25, -0.2) is 0 Å². The highest BCUT2D eigenvalue weighted by atomic mass is 16.7. The van der Waals surface area contributed by atoms with E-state index in [1.807, 2.05) is 36.4 Å². The Kier molecular flexibility index (Phi) is 10.0. The van der Waals surface area contributed by atoms with Crippen molar-refractivity contribution < 1.29 is 47.6 Å². The van der Waals surface area contributed by atoms with Crippen LogP contribution in [0.1, 0.15) is 33.3 Å². The largest absolute Gasteiger partial charge is 0.463 e. The summed E-state index contributed by atoms with van der Waals surface area (Å²) in [5, 5.41) is 0. The minimum Gasteiger partial charge on any atom is -0.463 e. The third kappa shape index (κ3) is 8.66.